The maximum absolute atomic E-state index is 12.8. The predicted molar refractivity (Wildman–Crippen MR) is 93.9 cm³/mol. The molecule has 0 unspecified atom stereocenters. The third-order valence-electron chi connectivity index (χ3n) is 3.54. The van der Waals surface area contributed by atoms with Crippen LogP contribution >= 0.6 is 12.2 Å². The Balaban J connectivity index is 1.90. The molecule has 2 heterocycles. The average molecular weight is 337 g/mol. The van der Waals surface area contributed by atoms with Crippen LogP contribution in [0.15, 0.2) is 40.8 Å². The lowest BCUT2D eigenvalue weighted by Crippen LogP contribution is -2.31. The van der Waals surface area contributed by atoms with E-state index in [0.29, 0.717) is 17.7 Å². The third-order valence-corrected chi connectivity index (χ3v) is 3.72. The van der Waals surface area contributed by atoms with E-state index in [4.69, 9.17) is 23.1 Å². The lowest BCUT2D eigenvalue weighted by Gasteiger charge is -2.20. The van der Waals surface area contributed by atoms with E-state index in [-0.39, 0.29) is 17.3 Å². The highest BCUT2D eigenvalue weighted by Gasteiger charge is 2.17. The van der Waals surface area contributed by atoms with Crippen LogP contribution in [-0.4, -0.2) is 27.3 Å². The van der Waals surface area contributed by atoms with E-state index >= 15 is 0 Å². The van der Waals surface area contributed by atoms with Gasteiger partial charge in [0.1, 0.15) is 0 Å². The number of oxazole rings is 1. The molecule has 1 amide bonds. The van der Waals surface area contributed by atoms with Crippen LogP contribution in [0.5, 0.6) is 0 Å². The molecule has 0 saturated heterocycles. The first-order valence-electron chi connectivity index (χ1n) is 7.35. The minimum Gasteiger partial charge on any atom is -0.429 e. The van der Waals surface area contributed by atoms with Gasteiger partial charge >= 0.3 is 0 Å². The maximum atomic E-state index is 12.8. The number of aromatic amines is 1. The highest BCUT2D eigenvalue weighted by Crippen LogP contribution is 2.17. The molecule has 120 valence electrons. The van der Waals surface area contributed by atoms with Crippen LogP contribution in [-0.2, 0) is 6.54 Å². The number of fused-ring (bicyclic) bond motifs is 1. The zero-order chi connectivity index (χ0) is 17.1. The van der Waals surface area contributed by atoms with Crippen LogP contribution in [0.25, 0.3) is 11.1 Å². The molecule has 3 rings (SSSR count). The topological polar surface area (TPSA) is 62.1 Å². The van der Waals surface area contributed by atoms with E-state index in [0.717, 1.165) is 16.9 Å². The molecule has 0 bridgehead atoms. The minimum atomic E-state index is -0.180. The molecule has 2 aromatic heterocycles. The lowest BCUT2D eigenvalue weighted by atomic mass is 10.1. The molecule has 0 aliphatic carbocycles. The summed E-state index contributed by atoms with van der Waals surface area (Å²) in [6.07, 6.45) is 5.42. The van der Waals surface area contributed by atoms with Crippen molar-refractivity contribution in [1.29, 1.82) is 0 Å². The van der Waals surface area contributed by atoms with E-state index in [1.54, 1.807) is 23.1 Å². The van der Waals surface area contributed by atoms with Crippen LogP contribution in [0.3, 0.4) is 0 Å². The molecule has 0 atom stereocenters. The van der Waals surface area contributed by atoms with Gasteiger partial charge in [-0.1, -0.05) is 12.0 Å². The van der Waals surface area contributed by atoms with Gasteiger partial charge < -0.3 is 14.3 Å². The Morgan fingerprint density at radius 1 is 1.42 bits per heavy atom. The Morgan fingerprint density at radius 2 is 2.25 bits per heavy atom. The fourth-order valence-corrected chi connectivity index (χ4v) is 2.65. The standard InChI is InChI=1S/C18H15N3O2S/c1-3-9-21(11-14-6-4-5-12(2)19-14)17(22)13-7-8-15-16(10-13)23-18(24)20-15/h1,4-8,10H,9,11H2,2H3,(H,20,24). The first-order valence-corrected chi connectivity index (χ1v) is 7.76. The van der Waals surface area contributed by atoms with Gasteiger partial charge in [0.2, 0.25) is 0 Å². The fourth-order valence-electron chi connectivity index (χ4n) is 2.45. The number of hydrogen-bond acceptors (Lipinski definition) is 4. The summed E-state index contributed by atoms with van der Waals surface area (Å²) in [5.74, 6) is 2.35. The summed E-state index contributed by atoms with van der Waals surface area (Å²) in [6.45, 7) is 2.45. The third kappa shape index (κ3) is 3.36. The summed E-state index contributed by atoms with van der Waals surface area (Å²) in [4.78, 5) is 22.0. The van der Waals surface area contributed by atoms with Gasteiger partial charge in [-0.2, -0.15) is 0 Å². The average Bonchev–Trinajstić information content (AvgIpc) is 2.93. The summed E-state index contributed by atoms with van der Waals surface area (Å²) in [5.41, 5.74) is 3.47. The van der Waals surface area contributed by atoms with E-state index in [1.807, 2.05) is 25.1 Å². The van der Waals surface area contributed by atoms with Crippen molar-refractivity contribution < 1.29 is 9.21 Å². The predicted octanol–water partition coefficient (Wildman–Crippen LogP) is 3.47. The zero-order valence-electron chi connectivity index (χ0n) is 13.1. The van der Waals surface area contributed by atoms with E-state index in [1.165, 1.54) is 0 Å². The van der Waals surface area contributed by atoms with Crippen molar-refractivity contribution in [3.05, 3.63) is 58.2 Å². The van der Waals surface area contributed by atoms with Crippen molar-refractivity contribution in [1.82, 2.24) is 14.9 Å². The van der Waals surface area contributed by atoms with Gasteiger partial charge in [0.15, 0.2) is 5.58 Å². The lowest BCUT2D eigenvalue weighted by molar-refractivity contribution is 0.0764. The monoisotopic (exact) mass is 337 g/mol. The normalized spacial score (nSPS) is 10.5. The molecule has 24 heavy (non-hydrogen) atoms. The molecule has 0 aliphatic rings. The number of benzene rings is 1. The smallest absolute Gasteiger partial charge is 0.266 e. The SMILES string of the molecule is C#CCN(Cc1cccc(C)n1)C(=O)c1ccc2[nH]c(=S)oc2c1. The van der Waals surface area contributed by atoms with Crippen LogP contribution < -0.4 is 0 Å². The molecule has 0 saturated carbocycles. The van der Waals surface area contributed by atoms with Crippen LogP contribution in [0.1, 0.15) is 21.7 Å². The largest absolute Gasteiger partial charge is 0.429 e. The number of carbonyl (C=O) groups excluding carboxylic acids is 1. The van der Waals surface area contributed by atoms with Gasteiger partial charge in [0, 0.05) is 11.3 Å². The molecule has 6 heteroatoms. The van der Waals surface area contributed by atoms with Crippen molar-refractivity contribution in [2.24, 2.45) is 0 Å². The van der Waals surface area contributed by atoms with E-state index in [2.05, 4.69) is 15.9 Å². The summed E-state index contributed by atoms with van der Waals surface area (Å²) < 4.78 is 5.37. The van der Waals surface area contributed by atoms with Gasteiger partial charge in [-0.15, -0.1) is 6.42 Å². The Bertz CT molecular complexity index is 997. The van der Waals surface area contributed by atoms with Gasteiger partial charge in [-0.25, -0.2) is 0 Å². The quantitative estimate of drug-likeness (QED) is 0.585. The fraction of sp³-hybridized carbons (Fsp3) is 0.167. The van der Waals surface area contributed by atoms with Crippen molar-refractivity contribution in [2.45, 2.75) is 13.5 Å². The number of carbonyl (C=O) groups is 1. The molecule has 5 nitrogen and oxygen atoms in total. The zero-order valence-corrected chi connectivity index (χ0v) is 13.9. The summed E-state index contributed by atoms with van der Waals surface area (Å²) >= 11 is 4.96. The Morgan fingerprint density at radius 3 is 3.00 bits per heavy atom. The molecule has 3 aromatic rings. The second kappa shape index (κ2) is 6.69. The number of aromatic nitrogens is 2. The second-order valence-corrected chi connectivity index (χ2v) is 5.73. The van der Waals surface area contributed by atoms with E-state index in [9.17, 15) is 4.79 Å². The van der Waals surface area contributed by atoms with Crippen molar-refractivity contribution in [2.75, 3.05) is 6.54 Å². The van der Waals surface area contributed by atoms with Gasteiger partial charge in [-0.3, -0.25) is 9.78 Å². The molecule has 1 aromatic carbocycles. The number of nitrogens with one attached hydrogen (secondary N) is 1. The van der Waals surface area contributed by atoms with Gasteiger partial charge in [0.25, 0.3) is 10.7 Å². The number of nitrogens with zero attached hydrogens (tertiary/aromatic N) is 2. The van der Waals surface area contributed by atoms with Gasteiger partial charge in [0.05, 0.1) is 24.3 Å². The van der Waals surface area contributed by atoms with Crippen LogP contribution in [0.4, 0.5) is 0 Å². The summed E-state index contributed by atoms with van der Waals surface area (Å²) in [5, 5.41) is 0. The number of aryl methyl sites for hydroxylation is 1. The second-order valence-electron chi connectivity index (χ2n) is 5.36. The van der Waals surface area contributed by atoms with Crippen molar-refractivity contribution in [3.63, 3.8) is 0 Å². The van der Waals surface area contributed by atoms with Gasteiger partial charge in [-0.05, 0) is 49.5 Å². The first-order chi connectivity index (χ1) is 11.6. The molecule has 0 spiro atoms. The summed E-state index contributed by atoms with van der Waals surface area (Å²) in [6, 6.07) is 10.8. The summed E-state index contributed by atoms with van der Waals surface area (Å²) in [7, 11) is 0. The molecule has 0 radical (unpaired) electrons. The number of hydrogen-bond donors (Lipinski definition) is 1. The Labute approximate surface area is 144 Å². The molecular weight excluding hydrogens is 322 g/mol. The molecule has 1 N–H and O–H groups in total. The first kappa shape index (κ1) is 16.0. The Hall–Kier alpha value is -2.91. The maximum Gasteiger partial charge on any atom is 0.266 e. The molecule has 0 fully saturated rings. The van der Waals surface area contributed by atoms with Crippen molar-refractivity contribution >= 4 is 29.2 Å². The molecule has 0 aliphatic heterocycles. The van der Waals surface area contributed by atoms with E-state index < -0.39 is 0 Å². The minimum absolute atomic E-state index is 0.180. The van der Waals surface area contributed by atoms with Crippen molar-refractivity contribution in [3.8, 4) is 12.3 Å². The Kier molecular flexibility index (Phi) is 4.45. The molecular formula is C18H15N3O2S. The highest BCUT2D eigenvalue weighted by atomic mass is 32.1. The number of H-pyrrole nitrogens is 1. The number of terminal acetylenes is 1. The number of rotatable bonds is 4. The van der Waals surface area contributed by atoms with Crippen LogP contribution in [0.2, 0.25) is 0 Å². The number of pyridine rings is 1. The number of amides is 1. The highest BCUT2D eigenvalue weighted by molar-refractivity contribution is 7.71. The van der Waals surface area contributed by atoms with Crippen LogP contribution in [0, 0.1) is 24.1 Å².